The summed E-state index contributed by atoms with van der Waals surface area (Å²) in [4.78, 5) is 2.31. The maximum atomic E-state index is 3.81. The zero-order valence-electron chi connectivity index (χ0n) is 13.6. The maximum Gasteiger partial charge on any atom is 0.0186 e. The van der Waals surface area contributed by atoms with Crippen LogP contribution in [0.3, 0.4) is 0 Å². The molecule has 0 aromatic heterocycles. The van der Waals surface area contributed by atoms with Crippen LogP contribution in [0.1, 0.15) is 77.6 Å². The van der Waals surface area contributed by atoms with E-state index in [0.717, 1.165) is 12.6 Å². The first-order chi connectivity index (χ1) is 9.20. The van der Waals surface area contributed by atoms with Crippen LogP contribution in [0.15, 0.2) is 0 Å². The van der Waals surface area contributed by atoms with Gasteiger partial charge in [0, 0.05) is 18.6 Å². The van der Waals surface area contributed by atoms with Crippen molar-refractivity contribution < 1.29 is 0 Å². The van der Waals surface area contributed by atoms with Gasteiger partial charge in [0.1, 0.15) is 0 Å². The van der Waals surface area contributed by atoms with Crippen LogP contribution in [0.5, 0.6) is 0 Å². The summed E-state index contributed by atoms with van der Waals surface area (Å²) < 4.78 is 0. The van der Waals surface area contributed by atoms with Crippen LogP contribution in [0.4, 0.5) is 0 Å². The topological polar surface area (TPSA) is 15.3 Å². The lowest BCUT2D eigenvalue weighted by Crippen LogP contribution is -2.40. The van der Waals surface area contributed by atoms with E-state index in [1.54, 1.807) is 0 Å². The minimum absolute atomic E-state index is 0.640. The van der Waals surface area contributed by atoms with E-state index < -0.39 is 0 Å². The minimum Gasteiger partial charge on any atom is -0.312 e. The summed E-state index contributed by atoms with van der Waals surface area (Å²) in [5.41, 5.74) is 0. The average Bonchev–Trinajstić information content (AvgIpc) is 2.37. The molecule has 0 radical (unpaired) electrons. The fraction of sp³-hybridized carbons (Fsp3) is 1.00. The fourth-order valence-corrected chi connectivity index (χ4v) is 2.89. The summed E-state index contributed by atoms with van der Waals surface area (Å²) in [6, 6.07) is 1.41. The van der Waals surface area contributed by atoms with Gasteiger partial charge >= 0.3 is 0 Å². The van der Waals surface area contributed by atoms with Gasteiger partial charge in [0.2, 0.25) is 0 Å². The first-order valence-corrected chi connectivity index (χ1v) is 8.60. The molecule has 2 nitrogen and oxygen atoms in total. The number of nitrogens with zero attached hydrogens (tertiary/aromatic N) is 1. The summed E-state index contributed by atoms with van der Waals surface area (Å²) in [5.74, 6) is 0. The van der Waals surface area contributed by atoms with Crippen molar-refractivity contribution in [2.24, 2.45) is 0 Å². The lowest BCUT2D eigenvalue weighted by Gasteiger charge is -2.25. The molecule has 19 heavy (non-hydrogen) atoms. The number of rotatable bonds is 4. The molecule has 1 saturated carbocycles. The van der Waals surface area contributed by atoms with E-state index in [9.17, 15) is 0 Å². The Morgan fingerprint density at radius 3 is 1.68 bits per heavy atom. The molecule has 1 aliphatic carbocycles. The molecule has 1 rings (SSSR count). The Kier molecular flexibility index (Phi) is 9.54. The van der Waals surface area contributed by atoms with Crippen LogP contribution in [0.2, 0.25) is 0 Å². The second-order valence-electron chi connectivity index (χ2n) is 6.68. The van der Waals surface area contributed by atoms with Crippen LogP contribution in [0, 0.1) is 0 Å². The van der Waals surface area contributed by atoms with Crippen molar-refractivity contribution in [1.29, 1.82) is 0 Å². The lowest BCUT2D eigenvalue weighted by molar-refractivity contribution is 0.283. The smallest absolute Gasteiger partial charge is 0.0186 e. The Balaban J connectivity index is 2.26. The molecule has 1 aliphatic rings. The van der Waals surface area contributed by atoms with Gasteiger partial charge in [-0.1, -0.05) is 57.8 Å². The highest BCUT2D eigenvalue weighted by Crippen LogP contribution is 2.17. The molecule has 0 saturated heterocycles. The number of hydrogen-bond acceptors (Lipinski definition) is 2. The normalized spacial score (nSPS) is 22.7. The van der Waals surface area contributed by atoms with Crippen LogP contribution in [-0.4, -0.2) is 37.6 Å². The van der Waals surface area contributed by atoms with Crippen LogP contribution in [0.25, 0.3) is 0 Å². The summed E-state index contributed by atoms with van der Waals surface area (Å²) in [6.45, 7) is 3.44. The summed E-state index contributed by atoms with van der Waals surface area (Å²) >= 11 is 0. The predicted octanol–water partition coefficient (Wildman–Crippen LogP) is 4.20. The van der Waals surface area contributed by atoms with Gasteiger partial charge in [-0.15, -0.1) is 0 Å². The van der Waals surface area contributed by atoms with Gasteiger partial charge in [-0.2, -0.15) is 0 Å². The molecule has 1 N–H and O–H groups in total. The highest BCUT2D eigenvalue weighted by molar-refractivity contribution is 4.72. The van der Waals surface area contributed by atoms with E-state index in [0.29, 0.717) is 6.04 Å². The van der Waals surface area contributed by atoms with E-state index in [4.69, 9.17) is 0 Å². The Morgan fingerprint density at radius 2 is 1.26 bits per heavy atom. The Bertz CT molecular complexity index is 191. The molecule has 0 amide bonds. The van der Waals surface area contributed by atoms with Crippen molar-refractivity contribution in [3.63, 3.8) is 0 Å². The van der Waals surface area contributed by atoms with Crippen molar-refractivity contribution >= 4 is 0 Å². The number of likely N-dealkylation sites (N-methyl/N-ethyl adjacent to an activating group) is 1. The van der Waals surface area contributed by atoms with Crippen molar-refractivity contribution in [2.45, 2.75) is 89.6 Å². The molecule has 1 fully saturated rings. The quantitative estimate of drug-likeness (QED) is 0.822. The minimum atomic E-state index is 0.640. The summed E-state index contributed by atoms with van der Waals surface area (Å²) in [6.07, 6.45) is 15.8. The van der Waals surface area contributed by atoms with Crippen molar-refractivity contribution in [3.05, 3.63) is 0 Å². The molecule has 0 heterocycles. The highest BCUT2D eigenvalue weighted by Gasteiger charge is 2.11. The molecule has 114 valence electrons. The zero-order chi connectivity index (χ0) is 13.9. The molecule has 2 heteroatoms. The molecular formula is C17H36N2. The molecular weight excluding hydrogens is 232 g/mol. The van der Waals surface area contributed by atoms with E-state index in [1.165, 1.54) is 70.6 Å². The second kappa shape index (κ2) is 10.7. The number of hydrogen-bond donors (Lipinski definition) is 1. The van der Waals surface area contributed by atoms with E-state index in [-0.39, 0.29) is 0 Å². The molecule has 0 bridgehead atoms. The van der Waals surface area contributed by atoms with Crippen LogP contribution < -0.4 is 5.32 Å². The van der Waals surface area contributed by atoms with Gasteiger partial charge in [-0.25, -0.2) is 0 Å². The van der Waals surface area contributed by atoms with E-state index >= 15 is 0 Å². The average molecular weight is 268 g/mol. The first kappa shape index (κ1) is 17.0. The molecule has 0 aromatic rings. The zero-order valence-corrected chi connectivity index (χ0v) is 13.6. The van der Waals surface area contributed by atoms with Crippen molar-refractivity contribution in [2.75, 3.05) is 20.6 Å². The Hall–Kier alpha value is -0.0800. The molecule has 1 atom stereocenters. The van der Waals surface area contributed by atoms with Gasteiger partial charge in [-0.3, -0.25) is 0 Å². The van der Waals surface area contributed by atoms with Crippen LogP contribution in [-0.2, 0) is 0 Å². The summed E-state index contributed by atoms with van der Waals surface area (Å²) in [5, 5.41) is 3.81. The van der Waals surface area contributed by atoms with Gasteiger partial charge < -0.3 is 10.2 Å². The Labute approximate surface area is 121 Å². The molecule has 1 unspecified atom stereocenters. The highest BCUT2D eigenvalue weighted by atomic mass is 15.1. The van der Waals surface area contributed by atoms with E-state index in [1.807, 2.05) is 0 Å². The number of nitrogens with one attached hydrogen (secondary N) is 1. The molecule has 0 aliphatic heterocycles. The predicted molar refractivity (Wildman–Crippen MR) is 85.7 cm³/mol. The van der Waals surface area contributed by atoms with Crippen molar-refractivity contribution in [3.8, 4) is 0 Å². The van der Waals surface area contributed by atoms with Gasteiger partial charge in [-0.05, 0) is 33.9 Å². The lowest BCUT2D eigenvalue weighted by atomic mass is 9.98. The Morgan fingerprint density at radius 1 is 0.842 bits per heavy atom. The first-order valence-electron chi connectivity index (χ1n) is 8.60. The standard InChI is InChI=1S/C17H36N2/c1-16(19(2)3)15-18-17-13-11-9-7-5-4-6-8-10-12-14-17/h16-18H,4-15H2,1-3H3. The third kappa shape index (κ3) is 8.65. The van der Waals surface area contributed by atoms with Gasteiger partial charge in [0.05, 0.1) is 0 Å². The largest absolute Gasteiger partial charge is 0.312 e. The fourth-order valence-electron chi connectivity index (χ4n) is 2.89. The SMILES string of the molecule is CC(CNC1CCCCCCCCCCC1)N(C)C. The second-order valence-corrected chi connectivity index (χ2v) is 6.68. The van der Waals surface area contributed by atoms with E-state index in [2.05, 4.69) is 31.2 Å². The monoisotopic (exact) mass is 268 g/mol. The third-order valence-electron chi connectivity index (χ3n) is 4.69. The third-order valence-corrected chi connectivity index (χ3v) is 4.69. The molecule has 0 spiro atoms. The summed E-state index contributed by atoms with van der Waals surface area (Å²) in [7, 11) is 4.35. The van der Waals surface area contributed by atoms with Crippen molar-refractivity contribution in [1.82, 2.24) is 10.2 Å². The van der Waals surface area contributed by atoms with Gasteiger partial charge in [0.25, 0.3) is 0 Å². The van der Waals surface area contributed by atoms with Gasteiger partial charge in [0.15, 0.2) is 0 Å². The molecule has 0 aromatic carbocycles. The van der Waals surface area contributed by atoms with Crippen LogP contribution >= 0.6 is 0 Å². The maximum absolute atomic E-state index is 3.81.